The van der Waals surface area contributed by atoms with Crippen molar-refractivity contribution in [2.75, 3.05) is 6.61 Å². The number of hydrogen-bond donors (Lipinski definition) is 3. The number of phenolic OH excluding ortho intramolecular Hbond substituents is 1. The van der Waals surface area contributed by atoms with Gasteiger partial charge in [0.2, 0.25) is 0 Å². The van der Waals surface area contributed by atoms with Crippen LogP contribution in [0.1, 0.15) is 11.1 Å². The Morgan fingerprint density at radius 2 is 2.31 bits per heavy atom. The lowest BCUT2D eigenvalue weighted by atomic mass is 9.95. The van der Waals surface area contributed by atoms with Crippen molar-refractivity contribution in [2.24, 2.45) is 0 Å². The second-order valence-electron chi connectivity index (χ2n) is 3.38. The van der Waals surface area contributed by atoms with Gasteiger partial charge in [-0.05, 0) is 23.6 Å². The molecule has 2 rings (SSSR count). The molecule has 70 valence electrons. The van der Waals surface area contributed by atoms with E-state index in [1.54, 1.807) is 6.07 Å². The van der Waals surface area contributed by atoms with E-state index in [-0.39, 0.29) is 12.6 Å². The van der Waals surface area contributed by atoms with E-state index in [1.807, 2.05) is 12.1 Å². The third kappa shape index (κ3) is 1.53. The summed E-state index contributed by atoms with van der Waals surface area (Å²) in [5, 5.41) is 21.7. The predicted molar refractivity (Wildman–Crippen MR) is 49.5 cm³/mol. The van der Waals surface area contributed by atoms with E-state index in [0.29, 0.717) is 12.2 Å². The Morgan fingerprint density at radius 3 is 3.08 bits per heavy atom. The van der Waals surface area contributed by atoms with Crippen LogP contribution in [0.15, 0.2) is 18.2 Å². The molecule has 0 aliphatic carbocycles. The first kappa shape index (κ1) is 8.53. The molecular formula is C10H13NO2. The van der Waals surface area contributed by atoms with Crippen LogP contribution in [0.5, 0.6) is 5.75 Å². The van der Waals surface area contributed by atoms with Gasteiger partial charge in [-0.3, -0.25) is 0 Å². The fourth-order valence-electron chi connectivity index (χ4n) is 1.72. The predicted octanol–water partition coefficient (Wildman–Crippen LogP) is 0.399. The maximum Gasteiger partial charge on any atom is 0.119 e. The van der Waals surface area contributed by atoms with Crippen LogP contribution >= 0.6 is 0 Å². The highest BCUT2D eigenvalue weighted by molar-refractivity contribution is 5.41. The quantitative estimate of drug-likeness (QED) is 0.585. The van der Waals surface area contributed by atoms with Gasteiger partial charge in [-0.15, -0.1) is 0 Å². The number of nitrogens with one attached hydrogen (secondary N) is 1. The van der Waals surface area contributed by atoms with E-state index >= 15 is 0 Å². The van der Waals surface area contributed by atoms with Gasteiger partial charge in [0, 0.05) is 12.6 Å². The smallest absolute Gasteiger partial charge is 0.119 e. The van der Waals surface area contributed by atoms with Crippen LogP contribution in [0.25, 0.3) is 0 Å². The van der Waals surface area contributed by atoms with Gasteiger partial charge in [-0.2, -0.15) is 0 Å². The largest absolute Gasteiger partial charge is 0.508 e. The first-order valence-electron chi connectivity index (χ1n) is 4.45. The highest BCUT2D eigenvalue weighted by Gasteiger charge is 2.19. The number of rotatable bonds is 1. The summed E-state index contributed by atoms with van der Waals surface area (Å²) >= 11 is 0. The van der Waals surface area contributed by atoms with Gasteiger partial charge < -0.3 is 15.5 Å². The average molecular weight is 179 g/mol. The minimum atomic E-state index is 0.0841. The first-order chi connectivity index (χ1) is 6.31. The molecule has 0 bridgehead atoms. The van der Waals surface area contributed by atoms with E-state index in [9.17, 15) is 5.11 Å². The molecule has 1 aromatic rings. The van der Waals surface area contributed by atoms with Gasteiger partial charge in [0.15, 0.2) is 0 Å². The molecule has 0 unspecified atom stereocenters. The average Bonchev–Trinajstić information content (AvgIpc) is 2.18. The minimum absolute atomic E-state index is 0.0841. The highest BCUT2D eigenvalue weighted by atomic mass is 16.3. The van der Waals surface area contributed by atoms with Crippen molar-refractivity contribution in [2.45, 2.75) is 19.0 Å². The lowest BCUT2D eigenvalue weighted by Crippen LogP contribution is -2.38. The molecule has 0 aromatic heterocycles. The fraction of sp³-hybridized carbons (Fsp3) is 0.400. The molecule has 0 spiro atoms. The molecule has 0 amide bonds. The maximum absolute atomic E-state index is 9.56. The van der Waals surface area contributed by atoms with Crippen molar-refractivity contribution in [3.05, 3.63) is 29.3 Å². The van der Waals surface area contributed by atoms with Crippen LogP contribution in [0, 0.1) is 0 Å². The molecule has 3 nitrogen and oxygen atoms in total. The molecule has 0 saturated carbocycles. The summed E-state index contributed by atoms with van der Waals surface area (Å²) in [6, 6.07) is 5.62. The summed E-state index contributed by atoms with van der Waals surface area (Å²) in [4.78, 5) is 0. The number of aromatic hydroxyl groups is 1. The Kier molecular flexibility index (Phi) is 2.20. The number of benzene rings is 1. The lowest BCUT2D eigenvalue weighted by molar-refractivity contribution is 0.234. The zero-order chi connectivity index (χ0) is 9.26. The molecule has 1 aromatic carbocycles. The van der Waals surface area contributed by atoms with Crippen LogP contribution < -0.4 is 5.32 Å². The van der Waals surface area contributed by atoms with Gasteiger partial charge in [-0.25, -0.2) is 0 Å². The number of phenols is 1. The molecule has 0 radical (unpaired) electrons. The first-order valence-corrected chi connectivity index (χ1v) is 4.45. The van der Waals surface area contributed by atoms with Crippen molar-refractivity contribution in [1.82, 2.24) is 5.32 Å². The van der Waals surface area contributed by atoms with Crippen LogP contribution in [0.4, 0.5) is 0 Å². The van der Waals surface area contributed by atoms with Crippen molar-refractivity contribution in [3.63, 3.8) is 0 Å². The summed E-state index contributed by atoms with van der Waals surface area (Å²) in [5.74, 6) is 0.345. The molecule has 0 saturated heterocycles. The van der Waals surface area contributed by atoms with E-state index in [4.69, 9.17) is 5.11 Å². The zero-order valence-corrected chi connectivity index (χ0v) is 7.33. The summed E-state index contributed by atoms with van der Waals surface area (Å²) in [6.07, 6.45) is 0.707. The van der Waals surface area contributed by atoms with E-state index in [2.05, 4.69) is 5.32 Å². The van der Waals surface area contributed by atoms with Gasteiger partial charge in [-0.1, -0.05) is 12.1 Å². The van der Waals surface area contributed by atoms with Gasteiger partial charge in [0.1, 0.15) is 5.75 Å². The monoisotopic (exact) mass is 179 g/mol. The topological polar surface area (TPSA) is 52.5 Å². The van der Waals surface area contributed by atoms with E-state index in [1.165, 1.54) is 0 Å². The Morgan fingerprint density at radius 1 is 1.46 bits per heavy atom. The van der Waals surface area contributed by atoms with E-state index < -0.39 is 0 Å². The molecule has 3 N–H and O–H groups in total. The lowest BCUT2D eigenvalue weighted by Gasteiger charge is -2.24. The SMILES string of the molecule is OC[C@@H]1Cc2c(O)cccc2CN1. The molecule has 1 atom stereocenters. The third-order valence-corrected chi connectivity index (χ3v) is 2.50. The normalized spacial score (nSPS) is 21.2. The van der Waals surface area contributed by atoms with Crippen molar-refractivity contribution in [1.29, 1.82) is 0 Å². The van der Waals surface area contributed by atoms with Gasteiger partial charge in [0.05, 0.1) is 6.61 Å². The Balaban J connectivity index is 2.32. The number of hydrogen-bond acceptors (Lipinski definition) is 3. The Bertz CT molecular complexity index is 312. The van der Waals surface area contributed by atoms with Crippen molar-refractivity contribution in [3.8, 4) is 5.75 Å². The van der Waals surface area contributed by atoms with Crippen molar-refractivity contribution >= 4 is 0 Å². The molecule has 1 heterocycles. The molecular weight excluding hydrogens is 166 g/mol. The Labute approximate surface area is 77.0 Å². The second-order valence-corrected chi connectivity index (χ2v) is 3.38. The van der Waals surface area contributed by atoms with Crippen LogP contribution in [-0.2, 0) is 13.0 Å². The van der Waals surface area contributed by atoms with Crippen LogP contribution in [0.2, 0.25) is 0 Å². The number of aliphatic hydroxyl groups excluding tert-OH is 1. The number of aliphatic hydroxyl groups is 1. The Hall–Kier alpha value is -1.06. The summed E-state index contributed by atoms with van der Waals surface area (Å²) in [6.45, 7) is 0.850. The molecule has 13 heavy (non-hydrogen) atoms. The minimum Gasteiger partial charge on any atom is -0.508 e. The van der Waals surface area contributed by atoms with Crippen molar-refractivity contribution < 1.29 is 10.2 Å². The van der Waals surface area contributed by atoms with Crippen LogP contribution in [0.3, 0.4) is 0 Å². The molecule has 1 aliphatic rings. The highest BCUT2D eigenvalue weighted by Crippen LogP contribution is 2.25. The summed E-state index contributed by atoms with van der Waals surface area (Å²) in [5.41, 5.74) is 2.10. The summed E-state index contributed by atoms with van der Waals surface area (Å²) in [7, 11) is 0. The molecule has 0 fully saturated rings. The zero-order valence-electron chi connectivity index (χ0n) is 7.33. The fourth-order valence-corrected chi connectivity index (χ4v) is 1.72. The second kappa shape index (κ2) is 3.36. The molecule has 3 heteroatoms. The summed E-state index contributed by atoms with van der Waals surface area (Å²) < 4.78 is 0. The third-order valence-electron chi connectivity index (χ3n) is 2.50. The maximum atomic E-state index is 9.56. The molecule has 1 aliphatic heterocycles. The standard InChI is InChI=1S/C10H13NO2/c12-6-8-4-9-7(5-11-8)2-1-3-10(9)13/h1-3,8,11-13H,4-6H2/t8-/m0/s1. The van der Waals surface area contributed by atoms with Gasteiger partial charge in [0.25, 0.3) is 0 Å². The number of fused-ring (bicyclic) bond motifs is 1. The van der Waals surface area contributed by atoms with Crippen LogP contribution in [-0.4, -0.2) is 22.9 Å². The van der Waals surface area contributed by atoms with E-state index in [0.717, 1.165) is 17.7 Å². The van der Waals surface area contributed by atoms with Gasteiger partial charge >= 0.3 is 0 Å².